The first-order chi connectivity index (χ1) is 9.91. The molecular formula is C14H16FNO4S. The maximum atomic E-state index is 13.4. The minimum absolute atomic E-state index is 0.254. The van der Waals surface area contributed by atoms with Crippen molar-refractivity contribution in [3.05, 3.63) is 29.6 Å². The molecule has 114 valence electrons. The third-order valence-electron chi connectivity index (χ3n) is 4.36. The molecule has 2 aliphatic rings. The molecule has 0 bridgehead atoms. The highest BCUT2D eigenvalue weighted by molar-refractivity contribution is 7.93. The molecular weight excluding hydrogens is 297 g/mol. The molecule has 1 N–H and O–H groups in total. The van der Waals surface area contributed by atoms with Gasteiger partial charge in [-0.3, -0.25) is 9.10 Å². The Labute approximate surface area is 122 Å². The van der Waals surface area contributed by atoms with Crippen LogP contribution in [0.15, 0.2) is 18.2 Å². The average Bonchev–Trinajstić information content (AvgIpc) is 3.05. The van der Waals surface area contributed by atoms with E-state index >= 15 is 0 Å². The monoisotopic (exact) mass is 313 g/mol. The number of fused-ring (bicyclic) bond motifs is 1. The molecule has 0 amide bonds. The fraction of sp³-hybridized carbons (Fsp3) is 0.500. The molecule has 3 rings (SSSR count). The lowest BCUT2D eigenvalue weighted by Gasteiger charge is -2.25. The van der Waals surface area contributed by atoms with Crippen LogP contribution >= 0.6 is 0 Å². The topological polar surface area (TPSA) is 74.7 Å². The number of sulfonamides is 1. The largest absolute Gasteiger partial charge is 0.481 e. The lowest BCUT2D eigenvalue weighted by molar-refractivity contribution is -0.141. The summed E-state index contributed by atoms with van der Waals surface area (Å²) in [6.45, 7) is 0.254. The number of carboxylic acid groups (broad SMARTS) is 1. The third kappa shape index (κ3) is 2.29. The van der Waals surface area contributed by atoms with E-state index in [1.165, 1.54) is 16.4 Å². The maximum absolute atomic E-state index is 13.4. The van der Waals surface area contributed by atoms with Gasteiger partial charge in [-0.2, -0.15) is 0 Å². The molecule has 5 nitrogen and oxygen atoms in total. The standard InChI is InChI=1S/C14H16FNO4S/c15-10-5-4-9-6-7-16(12(9)8-10)21(19,20)13-3-1-2-11(13)14(17)18/h4-5,8,11,13H,1-3,6-7H2,(H,17,18). The Morgan fingerprint density at radius 2 is 2.10 bits per heavy atom. The Bertz CT molecular complexity index is 688. The summed E-state index contributed by atoms with van der Waals surface area (Å²) in [5.74, 6) is -2.43. The van der Waals surface area contributed by atoms with E-state index in [-0.39, 0.29) is 6.54 Å². The summed E-state index contributed by atoms with van der Waals surface area (Å²) in [6.07, 6.45) is 1.84. The summed E-state index contributed by atoms with van der Waals surface area (Å²) >= 11 is 0. The highest BCUT2D eigenvalue weighted by Gasteiger charge is 2.45. The van der Waals surface area contributed by atoms with Crippen LogP contribution in [0.5, 0.6) is 0 Å². The summed E-state index contributed by atoms with van der Waals surface area (Å²) < 4.78 is 40.1. The van der Waals surface area contributed by atoms with Crippen LogP contribution in [0.25, 0.3) is 0 Å². The first kappa shape index (κ1) is 14.3. The number of hydrogen-bond acceptors (Lipinski definition) is 3. The summed E-state index contributed by atoms with van der Waals surface area (Å²) in [4.78, 5) is 11.2. The predicted molar refractivity (Wildman–Crippen MR) is 75.1 cm³/mol. The molecule has 1 aliphatic carbocycles. The van der Waals surface area contributed by atoms with Crippen LogP contribution in [-0.2, 0) is 21.2 Å². The molecule has 0 radical (unpaired) electrons. The SMILES string of the molecule is O=C(O)C1CCCC1S(=O)(=O)N1CCc2ccc(F)cc21. The van der Waals surface area contributed by atoms with Crippen molar-refractivity contribution >= 4 is 21.7 Å². The van der Waals surface area contributed by atoms with E-state index in [1.54, 1.807) is 6.07 Å². The molecule has 2 unspecified atom stereocenters. The molecule has 2 atom stereocenters. The zero-order valence-corrected chi connectivity index (χ0v) is 12.1. The Balaban J connectivity index is 1.98. The normalized spacial score (nSPS) is 25.1. The van der Waals surface area contributed by atoms with Gasteiger partial charge in [-0.15, -0.1) is 0 Å². The number of anilines is 1. The molecule has 1 fully saturated rings. The van der Waals surface area contributed by atoms with Gasteiger partial charge in [0.15, 0.2) is 0 Å². The molecule has 1 aromatic carbocycles. The lowest BCUT2D eigenvalue weighted by Crippen LogP contribution is -2.41. The first-order valence-corrected chi connectivity index (χ1v) is 8.44. The van der Waals surface area contributed by atoms with Gasteiger partial charge in [0, 0.05) is 6.54 Å². The number of carboxylic acids is 1. The number of benzene rings is 1. The number of nitrogens with zero attached hydrogens (tertiary/aromatic N) is 1. The van der Waals surface area contributed by atoms with Gasteiger partial charge in [0.1, 0.15) is 5.82 Å². The fourth-order valence-electron chi connectivity index (χ4n) is 3.32. The van der Waals surface area contributed by atoms with Crippen molar-refractivity contribution in [2.75, 3.05) is 10.8 Å². The number of carbonyl (C=O) groups is 1. The highest BCUT2D eigenvalue weighted by Crippen LogP contribution is 2.38. The van der Waals surface area contributed by atoms with Crippen LogP contribution in [0.4, 0.5) is 10.1 Å². The summed E-state index contributed by atoms with van der Waals surface area (Å²) in [6, 6.07) is 4.11. The van der Waals surface area contributed by atoms with E-state index in [1.807, 2.05) is 0 Å². The van der Waals surface area contributed by atoms with E-state index < -0.39 is 33.0 Å². The van der Waals surface area contributed by atoms with Crippen LogP contribution in [0.1, 0.15) is 24.8 Å². The first-order valence-electron chi connectivity index (χ1n) is 6.94. The Kier molecular flexibility index (Phi) is 3.39. The molecule has 0 spiro atoms. The molecule has 1 aromatic rings. The van der Waals surface area contributed by atoms with Crippen molar-refractivity contribution in [3.63, 3.8) is 0 Å². The third-order valence-corrected chi connectivity index (χ3v) is 6.68. The Hall–Kier alpha value is -1.63. The van der Waals surface area contributed by atoms with Gasteiger partial charge in [-0.05, 0) is 37.0 Å². The van der Waals surface area contributed by atoms with Gasteiger partial charge >= 0.3 is 5.97 Å². The second kappa shape index (κ2) is 4.98. The van der Waals surface area contributed by atoms with E-state index in [9.17, 15) is 22.7 Å². The molecule has 0 aromatic heterocycles. The van der Waals surface area contributed by atoms with Gasteiger partial charge in [0.2, 0.25) is 10.0 Å². The van der Waals surface area contributed by atoms with Crippen LogP contribution in [0, 0.1) is 11.7 Å². The molecule has 1 heterocycles. The fourth-order valence-corrected chi connectivity index (χ4v) is 5.56. The van der Waals surface area contributed by atoms with Crippen LogP contribution < -0.4 is 4.31 Å². The molecule has 1 saturated carbocycles. The summed E-state index contributed by atoms with van der Waals surface area (Å²) in [7, 11) is -3.78. The zero-order chi connectivity index (χ0) is 15.2. The van der Waals surface area contributed by atoms with Crippen molar-refractivity contribution in [3.8, 4) is 0 Å². The van der Waals surface area contributed by atoms with Gasteiger partial charge in [-0.25, -0.2) is 12.8 Å². The average molecular weight is 313 g/mol. The lowest BCUT2D eigenvalue weighted by atomic mass is 10.1. The van der Waals surface area contributed by atoms with E-state index in [0.717, 1.165) is 5.56 Å². The maximum Gasteiger partial charge on any atom is 0.307 e. The zero-order valence-electron chi connectivity index (χ0n) is 11.3. The number of rotatable bonds is 3. The molecule has 0 saturated heterocycles. The minimum Gasteiger partial charge on any atom is -0.481 e. The predicted octanol–water partition coefficient (Wildman–Crippen LogP) is 1.77. The van der Waals surface area contributed by atoms with Crippen molar-refractivity contribution in [2.24, 2.45) is 5.92 Å². The number of aliphatic carboxylic acids is 1. The minimum atomic E-state index is -3.78. The smallest absolute Gasteiger partial charge is 0.307 e. The van der Waals surface area contributed by atoms with Crippen molar-refractivity contribution < 1.29 is 22.7 Å². The Morgan fingerprint density at radius 3 is 2.81 bits per heavy atom. The van der Waals surface area contributed by atoms with E-state index in [4.69, 9.17) is 0 Å². The van der Waals surface area contributed by atoms with Crippen LogP contribution in [-0.4, -0.2) is 31.3 Å². The van der Waals surface area contributed by atoms with E-state index in [0.29, 0.717) is 31.4 Å². The quantitative estimate of drug-likeness (QED) is 0.923. The highest BCUT2D eigenvalue weighted by atomic mass is 32.2. The molecule has 21 heavy (non-hydrogen) atoms. The molecule has 1 aliphatic heterocycles. The second-order valence-corrected chi connectivity index (χ2v) is 7.63. The van der Waals surface area contributed by atoms with Gasteiger partial charge in [0.25, 0.3) is 0 Å². The Morgan fingerprint density at radius 1 is 1.33 bits per heavy atom. The van der Waals surface area contributed by atoms with E-state index in [2.05, 4.69) is 0 Å². The van der Waals surface area contributed by atoms with Crippen molar-refractivity contribution in [1.29, 1.82) is 0 Å². The number of halogens is 1. The summed E-state index contributed by atoms with van der Waals surface area (Å²) in [5.41, 5.74) is 1.14. The summed E-state index contributed by atoms with van der Waals surface area (Å²) in [5, 5.41) is 8.27. The van der Waals surface area contributed by atoms with Gasteiger partial charge in [-0.1, -0.05) is 12.5 Å². The van der Waals surface area contributed by atoms with Gasteiger partial charge in [0.05, 0.1) is 16.9 Å². The van der Waals surface area contributed by atoms with Crippen LogP contribution in [0.2, 0.25) is 0 Å². The van der Waals surface area contributed by atoms with Crippen molar-refractivity contribution in [1.82, 2.24) is 0 Å². The second-order valence-electron chi connectivity index (χ2n) is 5.55. The van der Waals surface area contributed by atoms with Crippen molar-refractivity contribution in [2.45, 2.75) is 30.9 Å². The molecule has 7 heteroatoms. The number of hydrogen-bond donors (Lipinski definition) is 1. The van der Waals surface area contributed by atoms with Crippen LogP contribution in [0.3, 0.4) is 0 Å². The van der Waals surface area contributed by atoms with Gasteiger partial charge < -0.3 is 5.11 Å².